The summed E-state index contributed by atoms with van der Waals surface area (Å²) >= 11 is 0. The zero-order valence-corrected chi connectivity index (χ0v) is 12.4. The molecule has 0 radical (unpaired) electrons. The van der Waals surface area contributed by atoms with E-state index in [2.05, 4.69) is 32.9 Å². The molecule has 1 aliphatic rings. The number of carboxylic acid groups (broad SMARTS) is 1. The largest absolute Gasteiger partial charge is 0.481 e. The Hall–Kier alpha value is -1.31. The number of aliphatic carboxylic acids is 1. The first-order valence-electron chi connectivity index (χ1n) is 7.14. The predicted molar refractivity (Wildman–Crippen MR) is 77.6 cm³/mol. The van der Waals surface area contributed by atoms with Crippen molar-refractivity contribution in [1.82, 2.24) is 0 Å². The van der Waals surface area contributed by atoms with Gasteiger partial charge in [0.25, 0.3) is 0 Å². The molecule has 0 aliphatic heterocycles. The van der Waals surface area contributed by atoms with Crippen LogP contribution in [0.3, 0.4) is 0 Å². The summed E-state index contributed by atoms with van der Waals surface area (Å²) in [6.45, 7) is 8.38. The fourth-order valence-corrected chi connectivity index (χ4v) is 3.59. The smallest absolute Gasteiger partial charge is 0.309 e. The van der Waals surface area contributed by atoms with E-state index in [4.69, 9.17) is 0 Å². The van der Waals surface area contributed by atoms with Crippen molar-refractivity contribution < 1.29 is 9.90 Å². The van der Waals surface area contributed by atoms with Crippen molar-refractivity contribution in [3.8, 4) is 0 Å². The molecule has 0 amide bonds. The Kier molecular flexibility index (Phi) is 3.71. The fraction of sp³-hybridized carbons (Fsp3) is 0.588. The molecule has 2 nitrogen and oxygen atoms in total. The van der Waals surface area contributed by atoms with Crippen LogP contribution >= 0.6 is 0 Å². The third kappa shape index (κ3) is 2.68. The van der Waals surface area contributed by atoms with Crippen LogP contribution in [-0.4, -0.2) is 11.1 Å². The summed E-state index contributed by atoms with van der Waals surface area (Å²) in [6, 6.07) is 4.49. The molecule has 1 aliphatic carbocycles. The molecule has 0 atom stereocenters. The molecule has 2 rings (SSSR count). The van der Waals surface area contributed by atoms with Gasteiger partial charge in [-0.15, -0.1) is 0 Å². The Labute approximate surface area is 115 Å². The minimum atomic E-state index is -0.636. The number of aryl methyl sites for hydroxylation is 3. The number of benzene rings is 1. The normalized spacial score (nSPS) is 27.3. The van der Waals surface area contributed by atoms with Crippen molar-refractivity contribution >= 4 is 5.97 Å². The number of carbonyl (C=O) groups is 1. The van der Waals surface area contributed by atoms with E-state index in [0.29, 0.717) is 5.92 Å². The second kappa shape index (κ2) is 4.99. The molecule has 0 heterocycles. The van der Waals surface area contributed by atoms with Gasteiger partial charge in [-0.3, -0.25) is 4.79 Å². The van der Waals surface area contributed by atoms with E-state index < -0.39 is 11.4 Å². The van der Waals surface area contributed by atoms with Gasteiger partial charge in [0.2, 0.25) is 0 Å². The highest BCUT2D eigenvalue weighted by Crippen LogP contribution is 2.44. The first kappa shape index (κ1) is 14.1. The Morgan fingerprint density at radius 1 is 1.16 bits per heavy atom. The lowest BCUT2D eigenvalue weighted by Gasteiger charge is -2.35. The van der Waals surface area contributed by atoms with Gasteiger partial charge < -0.3 is 5.11 Å². The number of rotatable bonds is 2. The van der Waals surface area contributed by atoms with Gasteiger partial charge in [-0.2, -0.15) is 0 Å². The summed E-state index contributed by atoms with van der Waals surface area (Å²) in [6.07, 6.45) is 3.57. The van der Waals surface area contributed by atoms with E-state index in [-0.39, 0.29) is 0 Å². The summed E-state index contributed by atoms with van der Waals surface area (Å²) in [4.78, 5) is 11.3. The molecule has 0 aromatic heterocycles. The summed E-state index contributed by atoms with van der Waals surface area (Å²) in [7, 11) is 0. The topological polar surface area (TPSA) is 37.3 Å². The third-order valence-corrected chi connectivity index (χ3v) is 4.75. The van der Waals surface area contributed by atoms with E-state index in [1.54, 1.807) is 0 Å². The van der Waals surface area contributed by atoms with E-state index in [0.717, 1.165) is 25.7 Å². The van der Waals surface area contributed by atoms with Crippen LogP contribution in [0.1, 0.15) is 60.8 Å². The van der Waals surface area contributed by atoms with Crippen molar-refractivity contribution in [2.45, 2.75) is 59.3 Å². The predicted octanol–water partition coefficient (Wildman–Crippen LogP) is 4.36. The molecule has 1 aromatic carbocycles. The molecule has 19 heavy (non-hydrogen) atoms. The Morgan fingerprint density at radius 2 is 1.63 bits per heavy atom. The van der Waals surface area contributed by atoms with Gasteiger partial charge >= 0.3 is 5.97 Å². The number of carboxylic acids is 1. The van der Waals surface area contributed by atoms with Crippen molar-refractivity contribution in [2.75, 3.05) is 0 Å². The van der Waals surface area contributed by atoms with Gasteiger partial charge in [0, 0.05) is 0 Å². The van der Waals surface area contributed by atoms with E-state index in [1.807, 2.05) is 6.92 Å². The second-order valence-electron chi connectivity index (χ2n) is 6.45. The van der Waals surface area contributed by atoms with Gasteiger partial charge in [0.15, 0.2) is 0 Å². The standard InChI is InChI=1S/C17H24O2/c1-11-9-12(2)15(13(3)10-11)14-5-7-17(4,8-6-14)16(18)19/h9-10,14H,5-8H2,1-4H3,(H,18,19). The maximum Gasteiger partial charge on any atom is 0.309 e. The zero-order valence-electron chi connectivity index (χ0n) is 12.4. The van der Waals surface area contributed by atoms with Crippen LogP contribution in [0.15, 0.2) is 12.1 Å². The first-order chi connectivity index (χ1) is 8.83. The number of hydrogen-bond acceptors (Lipinski definition) is 1. The summed E-state index contributed by atoms with van der Waals surface area (Å²) < 4.78 is 0. The van der Waals surface area contributed by atoms with Crippen molar-refractivity contribution in [2.24, 2.45) is 5.41 Å². The van der Waals surface area contributed by atoms with Crippen LogP contribution in [-0.2, 0) is 4.79 Å². The number of hydrogen-bond donors (Lipinski definition) is 1. The molecular formula is C17H24O2. The lowest BCUT2D eigenvalue weighted by molar-refractivity contribution is -0.149. The highest BCUT2D eigenvalue weighted by Gasteiger charge is 2.38. The van der Waals surface area contributed by atoms with Gasteiger partial charge in [-0.1, -0.05) is 17.7 Å². The molecule has 0 saturated heterocycles. The quantitative estimate of drug-likeness (QED) is 0.857. The van der Waals surface area contributed by atoms with Crippen LogP contribution in [0.4, 0.5) is 0 Å². The van der Waals surface area contributed by atoms with Crippen LogP contribution < -0.4 is 0 Å². The molecule has 104 valence electrons. The van der Waals surface area contributed by atoms with Gasteiger partial charge in [0.05, 0.1) is 5.41 Å². The molecule has 1 saturated carbocycles. The monoisotopic (exact) mass is 260 g/mol. The Bertz CT molecular complexity index is 471. The molecule has 2 heteroatoms. The van der Waals surface area contributed by atoms with Gasteiger partial charge in [-0.25, -0.2) is 0 Å². The summed E-state index contributed by atoms with van der Waals surface area (Å²) in [5.41, 5.74) is 4.98. The highest BCUT2D eigenvalue weighted by atomic mass is 16.4. The summed E-state index contributed by atoms with van der Waals surface area (Å²) in [5.74, 6) is -0.101. The molecule has 0 unspecified atom stereocenters. The van der Waals surface area contributed by atoms with Crippen LogP contribution in [0, 0.1) is 26.2 Å². The average Bonchev–Trinajstić information content (AvgIpc) is 2.30. The fourth-order valence-electron chi connectivity index (χ4n) is 3.59. The summed E-state index contributed by atoms with van der Waals surface area (Å²) in [5, 5.41) is 9.30. The van der Waals surface area contributed by atoms with E-state index in [9.17, 15) is 9.90 Å². The SMILES string of the molecule is Cc1cc(C)c(C2CCC(C)(C(=O)O)CC2)c(C)c1. The minimum absolute atomic E-state index is 0.511. The Morgan fingerprint density at radius 3 is 2.05 bits per heavy atom. The maximum absolute atomic E-state index is 11.3. The molecule has 0 spiro atoms. The van der Waals surface area contributed by atoms with E-state index in [1.165, 1.54) is 22.3 Å². The van der Waals surface area contributed by atoms with Crippen LogP contribution in [0.2, 0.25) is 0 Å². The van der Waals surface area contributed by atoms with Gasteiger partial charge in [-0.05, 0) is 76.0 Å². The third-order valence-electron chi connectivity index (χ3n) is 4.75. The maximum atomic E-state index is 11.3. The second-order valence-corrected chi connectivity index (χ2v) is 6.45. The molecule has 1 fully saturated rings. The average molecular weight is 260 g/mol. The highest BCUT2D eigenvalue weighted by molar-refractivity contribution is 5.74. The molecule has 1 N–H and O–H groups in total. The van der Waals surface area contributed by atoms with Crippen molar-refractivity contribution in [3.05, 3.63) is 34.4 Å². The lowest BCUT2D eigenvalue weighted by Crippen LogP contribution is -2.32. The van der Waals surface area contributed by atoms with Gasteiger partial charge in [0.1, 0.15) is 0 Å². The first-order valence-corrected chi connectivity index (χ1v) is 7.14. The minimum Gasteiger partial charge on any atom is -0.481 e. The molecular weight excluding hydrogens is 236 g/mol. The van der Waals surface area contributed by atoms with Crippen LogP contribution in [0.5, 0.6) is 0 Å². The molecule has 1 aromatic rings. The zero-order chi connectivity index (χ0) is 14.2. The van der Waals surface area contributed by atoms with Crippen molar-refractivity contribution in [3.63, 3.8) is 0 Å². The molecule has 0 bridgehead atoms. The lowest BCUT2D eigenvalue weighted by atomic mass is 9.69. The van der Waals surface area contributed by atoms with E-state index >= 15 is 0 Å². The van der Waals surface area contributed by atoms with Crippen molar-refractivity contribution in [1.29, 1.82) is 0 Å². The Balaban J connectivity index is 2.21. The van der Waals surface area contributed by atoms with Crippen LogP contribution in [0.25, 0.3) is 0 Å².